The number of urea groups is 1. The van der Waals surface area contributed by atoms with Gasteiger partial charge in [0.05, 0.1) is 20.6 Å². The highest BCUT2D eigenvalue weighted by Gasteiger charge is 2.15. The Hall–Kier alpha value is -2.73. The largest absolute Gasteiger partial charge is 0.454 e. The zero-order valence-corrected chi connectivity index (χ0v) is 16.5. The van der Waals surface area contributed by atoms with Crippen LogP contribution in [0.2, 0.25) is 15.1 Å². The molecule has 3 aromatic carbocycles. The first kappa shape index (κ1) is 20.0. The van der Waals surface area contributed by atoms with Crippen LogP contribution in [0.4, 0.5) is 10.5 Å². The van der Waals surface area contributed by atoms with Gasteiger partial charge >= 0.3 is 6.03 Å². The van der Waals surface area contributed by atoms with E-state index < -0.39 is 11.9 Å². The standard InChI is InChI=1S/C20H13Cl3N2O3/c21-15-9-5-4-8-14(15)19(26)25-20(27)24-12-10-16(22)18(17(23)11-12)28-13-6-2-1-3-7-13/h1-11H,(H2,24,25,26,27). The van der Waals surface area contributed by atoms with Gasteiger partial charge in [0.1, 0.15) is 5.75 Å². The second-order valence-electron chi connectivity index (χ2n) is 5.57. The fourth-order valence-electron chi connectivity index (χ4n) is 2.31. The van der Waals surface area contributed by atoms with Crippen molar-refractivity contribution in [1.29, 1.82) is 0 Å². The third kappa shape index (κ3) is 4.95. The van der Waals surface area contributed by atoms with Crippen molar-refractivity contribution in [3.05, 3.63) is 87.4 Å². The Bertz CT molecular complexity index is 1000. The van der Waals surface area contributed by atoms with Crippen LogP contribution >= 0.6 is 34.8 Å². The summed E-state index contributed by atoms with van der Waals surface area (Å²) in [6.45, 7) is 0. The average molecular weight is 436 g/mol. The lowest BCUT2D eigenvalue weighted by Crippen LogP contribution is -2.34. The SMILES string of the molecule is O=C(NC(=O)c1ccccc1Cl)Nc1cc(Cl)c(Oc2ccccc2)c(Cl)c1. The van der Waals surface area contributed by atoms with Gasteiger partial charge in [-0.3, -0.25) is 10.1 Å². The van der Waals surface area contributed by atoms with Gasteiger partial charge in [-0.25, -0.2) is 4.79 Å². The highest BCUT2D eigenvalue weighted by Crippen LogP contribution is 2.38. The molecular weight excluding hydrogens is 423 g/mol. The van der Waals surface area contributed by atoms with Gasteiger partial charge in [-0.2, -0.15) is 0 Å². The molecule has 0 heterocycles. The smallest absolute Gasteiger partial charge is 0.326 e. The van der Waals surface area contributed by atoms with E-state index >= 15 is 0 Å². The summed E-state index contributed by atoms with van der Waals surface area (Å²) in [5.41, 5.74) is 0.474. The van der Waals surface area contributed by atoms with E-state index in [2.05, 4.69) is 10.6 Å². The number of ether oxygens (including phenoxy) is 1. The molecule has 0 spiro atoms. The maximum absolute atomic E-state index is 12.1. The maximum Gasteiger partial charge on any atom is 0.326 e. The van der Waals surface area contributed by atoms with Crippen molar-refractivity contribution in [2.24, 2.45) is 0 Å². The van der Waals surface area contributed by atoms with E-state index in [1.165, 1.54) is 18.2 Å². The molecule has 0 atom stereocenters. The fraction of sp³-hybridized carbons (Fsp3) is 0. The van der Waals surface area contributed by atoms with Crippen molar-refractivity contribution in [1.82, 2.24) is 5.32 Å². The first-order chi connectivity index (χ1) is 13.4. The van der Waals surface area contributed by atoms with Crippen LogP contribution in [0.5, 0.6) is 11.5 Å². The minimum Gasteiger partial charge on any atom is -0.454 e. The number of benzene rings is 3. The number of imide groups is 1. The molecule has 0 fully saturated rings. The molecule has 0 aliphatic carbocycles. The molecule has 0 bridgehead atoms. The van der Waals surface area contributed by atoms with Crippen LogP contribution in [0, 0.1) is 0 Å². The molecule has 0 aliphatic heterocycles. The summed E-state index contributed by atoms with van der Waals surface area (Å²) < 4.78 is 5.67. The first-order valence-corrected chi connectivity index (χ1v) is 9.16. The second kappa shape index (κ2) is 8.97. The van der Waals surface area contributed by atoms with E-state index in [1.54, 1.807) is 30.3 Å². The van der Waals surface area contributed by atoms with Crippen molar-refractivity contribution in [2.75, 3.05) is 5.32 Å². The first-order valence-electron chi connectivity index (χ1n) is 8.03. The number of rotatable bonds is 4. The summed E-state index contributed by atoms with van der Waals surface area (Å²) in [6, 6.07) is 17.6. The van der Waals surface area contributed by atoms with Gasteiger partial charge in [0.2, 0.25) is 0 Å². The van der Waals surface area contributed by atoms with Crippen LogP contribution in [0.1, 0.15) is 10.4 Å². The number of hydrogen-bond acceptors (Lipinski definition) is 3. The molecule has 28 heavy (non-hydrogen) atoms. The third-order valence-corrected chi connectivity index (χ3v) is 4.46. The average Bonchev–Trinajstić information content (AvgIpc) is 2.65. The molecule has 142 valence electrons. The number of carbonyl (C=O) groups excluding carboxylic acids is 2. The summed E-state index contributed by atoms with van der Waals surface area (Å²) in [5, 5.41) is 5.32. The summed E-state index contributed by atoms with van der Waals surface area (Å²) in [4.78, 5) is 24.2. The number of nitrogens with one attached hydrogen (secondary N) is 2. The lowest BCUT2D eigenvalue weighted by Gasteiger charge is -2.12. The molecule has 0 aliphatic rings. The van der Waals surface area contributed by atoms with Crippen LogP contribution in [-0.2, 0) is 0 Å². The van der Waals surface area contributed by atoms with E-state index in [1.807, 2.05) is 18.2 Å². The van der Waals surface area contributed by atoms with E-state index in [0.717, 1.165) is 0 Å². The zero-order valence-electron chi connectivity index (χ0n) is 14.2. The van der Waals surface area contributed by atoms with Gasteiger partial charge in [0.25, 0.3) is 5.91 Å². The van der Waals surface area contributed by atoms with E-state index in [4.69, 9.17) is 39.5 Å². The van der Waals surface area contributed by atoms with Gasteiger partial charge in [0.15, 0.2) is 5.75 Å². The molecule has 5 nitrogen and oxygen atoms in total. The minimum atomic E-state index is -0.756. The Morgan fingerprint density at radius 1 is 0.786 bits per heavy atom. The summed E-state index contributed by atoms with van der Waals surface area (Å²) in [5.74, 6) is 0.187. The Balaban J connectivity index is 1.70. The monoisotopic (exact) mass is 434 g/mol. The quantitative estimate of drug-likeness (QED) is 0.498. The predicted molar refractivity (Wildman–Crippen MR) is 111 cm³/mol. The molecule has 0 unspecified atom stereocenters. The molecule has 0 saturated carbocycles. The third-order valence-electron chi connectivity index (χ3n) is 3.56. The second-order valence-corrected chi connectivity index (χ2v) is 6.79. The van der Waals surface area contributed by atoms with E-state index in [9.17, 15) is 9.59 Å². The van der Waals surface area contributed by atoms with Crippen LogP contribution in [-0.4, -0.2) is 11.9 Å². The highest BCUT2D eigenvalue weighted by molar-refractivity contribution is 6.38. The Kier molecular flexibility index (Phi) is 6.41. The van der Waals surface area contributed by atoms with Crippen LogP contribution in [0.3, 0.4) is 0 Å². The normalized spacial score (nSPS) is 10.2. The molecule has 2 N–H and O–H groups in total. The maximum atomic E-state index is 12.1. The molecular formula is C20H13Cl3N2O3. The number of para-hydroxylation sites is 1. The van der Waals surface area contributed by atoms with E-state index in [0.29, 0.717) is 11.4 Å². The number of halogens is 3. The molecule has 8 heteroatoms. The number of carbonyl (C=O) groups is 2. The zero-order chi connectivity index (χ0) is 20.1. The van der Waals surface area contributed by atoms with Gasteiger partial charge in [-0.05, 0) is 36.4 Å². The topological polar surface area (TPSA) is 67.4 Å². The van der Waals surface area contributed by atoms with Crippen LogP contribution in [0.25, 0.3) is 0 Å². The van der Waals surface area contributed by atoms with Crippen LogP contribution < -0.4 is 15.4 Å². The van der Waals surface area contributed by atoms with Crippen molar-refractivity contribution in [3.8, 4) is 11.5 Å². The number of hydrogen-bond donors (Lipinski definition) is 2. The highest BCUT2D eigenvalue weighted by atomic mass is 35.5. The Labute approximate surface area is 176 Å². The van der Waals surface area contributed by atoms with Gasteiger partial charge < -0.3 is 10.1 Å². The van der Waals surface area contributed by atoms with Crippen molar-refractivity contribution < 1.29 is 14.3 Å². The van der Waals surface area contributed by atoms with Crippen molar-refractivity contribution in [2.45, 2.75) is 0 Å². The Morgan fingerprint density at radius 2 is 1.39 bits per heavy atom. The molecule has 0 aromatic heterocycles. The van der Waals surface area contributed by atoms with Crippen LogP contribution in [0.15, 0.2) is 66.7 Å². The molecule has 3 aromatic rings. The summed E-state index contributed by atoms with van der Waals surface area (Å²) >= 11 is 18.4. The van der Waals surface area contributed by atoms with Crippen molar-refractivity contribution in [3.63, 3.8) is 0 Å². The lowest BCUT2D eigenvalue weighted by molar-refractivity contribution is 0.0967. The molecule has 0 saturated heterocycles. The molecule has 0 radical (unpaired) electrons. The van der Waals surface area contributed by atoms with Crippen molar-refractivity contribution >= 4 is 52.4 Å². The Morgan fingerprint density at radius 3 is 2.04 bits per heavy atom. The van der Waals surface area contributed by atoms with Gasteiger partial charge in [-0.15, -0.1) is 0 Å². The minimum absolute atomic E-state index is 0.182. The van der Waals surface area contributed by atoms with Gasteiger partial charge in [-0.1, -0.05) is 65.1 Å². The molecule has 3 rings (SSSR count). The predicted octanol–water partition coefficient (Wildman–Crippen LogP) is 6.40. The fourth-order valence-corrected chi connectivity index (χ4v) is 3.10. The molecule has 3 amide bonds. The lowest BCUT2D eigenvalue weighted by atomic mass is 10.2. The van der Waals surface area contributed by atoms with Gasteiger partial charge in [0, 0.05) is 5.69 Å². The summed E-state index contributed by atoms with van der Waals surface area (Å²) in [7, 11) is 0. The summed E-state index contributed by atoms with van der Waals surface area (Å²) in [6.07, 6.45) is 0. The van der Waals surface area contributed by atoms with E-state index in [-0.39, 0.29) is 26.4 Å². The number of amides is 3. The number of anilines is 1.